The summed E-state index contributed by atoms with van der Waals surface area (Å²) in [5, 5.41) is 0. The number of halogens is 9. The standard InChI is InChI=1S/C17H26F9NO5/c1-28-6-7-30-8-9-32-13(10-27-2-4-29-5-3-27)11-31-12-14(18,19)15(20,21)16(22,23)17(24,25)26/h13H,2-12H2,1H3. The monoisotopic (exact) mass is 495 g/mol. The summed E-state index contributed by atoms with van der Waals surface area (Å²) < 4.78 is 141. The van der Waals surface area contributed by atoms with E-state index in [2.05, 4.69) is 4.74 Å². The predicted octanol–water partition coefficient (Wildman–Crippen LogP) is 2.85. The minimum atomic E-state index is -6.95. The first-order chi connectivity index (χ1) is 14.8. The molecular formula is C17H26F9NO5. The molecule has 1 aliphatic rings. The Bertz CT molecular complexity index is 531. The van der Waals surface area contributed by atoms with Crippen molar-refractivity contribution in [2.24, 2.45) is 0 Å². The van der Waals surface area contributed by atoms with Crippen LogP contribution in [0.25, 0.3) is 0 Å². The Morgan fingerprint density at radius 3 is 1.97 bits per heavy atom. The second-order valence-corrected chi connectivity index (χ2v) is 6.88. The van der Waals surface area contributed by atoms with Crippen LogP contribution in [0.15, 0.2) is 0 Å². The molecule has 0 saturated carbocycles. The Kier molecular flexibility index (Phi) is 11.4. The van der Waals surface area contributed by atoms with Crippen molar-refractivity contribution in [1.82, 2.24) is 4.90 Å². The summed E-state index contributed by atoms with van der Waals surface area (Å²) in [5.41, 5.74) is 0. The number of methoxy groups -OCH3 is 1. The molecule has 1 aliphatic heterocycles. The van der Waals surface area contributed by atoms with Crippen LogP contribution in [-0.2, 0) is 23.7 Å². The molecule has 0 spiro atoms. The van der Waals surface area contributed by atoms with Gasteiger partial charge in [-0.1, -0.05) is 0 Å². The highest BCUT2D eigenvalue weighted by molar-refractivity contribution is 5.00. The van der Waals surface area contributed by atoms with Gasteiger partial charge in [0.1, 0.15) is 6.61 Å². The van der Waals surface area contributed by atoms with Gasteiger partial charge >= 0.3 is 23.9 Å². The minimum Gasteiger partial charge on any atom is -0.382 e. The number of ether oxygens (including phenoxy) is 5. The normalized spacial score (nSPS) is 18.2. The summed E-state index contributed by atoms with van der Waals surface area (Å²) in [6.07, 6.45) is -7.84. The predicted molar refractivity (Wildman–Crippen MR) is 91.4 cm³/mol. The number of morpholine rings is 1. The summed E-state index contributed by atoms with van der Waals surface area (Å²) in [4.78, 5) is 1.80. The van der Waals surface area contributed by atoms with E-state index in [4.69, 9.17) is 18.9 Å². The van der Waals surface area contributed by atoms with E-state index in [0.717, 1.165) is 0 Å². The van der Waals surface area contributed by atoms with Crippen LogP contribution in [0.3, 0.4) is 0 Å². The fourth-order valence-electron chi connectivity index (χ4n) is 2.56. The summed E-state index contributed by atoms with van der Waals surface area (Å²) in [6.45, 7) is -0.748. The van der Waals surface area contributed by atoms with Gasteiger partial charge in [0.05, 0.1) is 52.4 Å². The largest absolute Gasteiger partial charge is 0.460 e. The third-order valence-electron chi connectivity index (χ3n) is 4.38. The molecule has 0 aromatic carbocycles. The van der Waals surface area contributed by atoms with Crippen LogP contribution >= 0.6 is 0 Å². The smallest absolute Gasteiger partial charge is 0.382 e. The summed E-state index contributed by atoms with van der Waals surface area (Å²) in [6, 6.07) is 0. The summed E-state index contributed by atoms with van der Waals surface area (Å²) in [5.74, 6) is -19.5. The molecule has 0 aromatic rings. The molecule has 1 fully saturated rings. The fraction of sp³-hybridized carbons (Fsp3) is 1.00. The van der Waals surface area contributed by atoms with E-state index in [1.807, 2.05) is 0 Å². The molecule has 0 radical (unpaired) electrons. The van der Waals surface area contributed by atoms with Crippen molar-refractivity contribution >= 4 is 0 Å². The summed E-state index contributed by atoms with van der Waals surface area (Å²) in [7, 11) is 1.46. The first-order valence-corrected chi connectivity index (χ1v) is 9.52. The summed E-state index contributed by atoms with van der Waals surface area (Å²) >= 11 is 0. The van der Waals surface area contributed by atoms with Crippen molar-refractivity contribution in [2.75, 3.05) is 79.6 Å². The van der Waals surface area contributed by atoms with E-state index in [9.17, 15) is 39.5 Å². The van der Waals surface area contributed by atoms with Gasteiger partial charge in [0, 0.05) is 26.7 Å². The first-order valence-electron chi connectivity index (χ1n) is 9.52. The van der Waals surface area contributed by atoms with Gasteiger partial charge in [-0.05, 0) is 0 Å². The second kappa shape index (κ2) is 12.6. The van der Waals surface area contributed by atoms with Crippen molar-refractivity contribution in [3.63, 3.8) is 0 Å². The zero-order chi connectivity index (χ0) is 24.5. The highest BCUT2D eigenvalue weighted by Crippen LogP contribution is 2.53. The Morgan fingerprint density at radius 2 is 1.41 bits per heavy atom. The molecule has 15 heteroatoms. The van der Waals surface area contributed by atoms with Gasteiger partial charge in [-0.2, -0.15) is 39.5 Å². The quantitative estimate of drug-likeness (QED) is 0.257. The maximum atomic E-state index is 13.6. The highest BCUT2D eigenvalue weighted by Gasteiger charge is 2.81. The van der Waals surface area contributed by atoms with Gasteiger partial charge in [0.15, 0.2) is 0 Å². The van der Waals surface area contributed by atoms with Crippen LogP contribution < -0.4 is 0 Å². The van der Waals surface area contributed by atoms with Crippen molar-refractivity contribution in [3.05, 3.63) is 0 Å². The number of alkyl halides is 9. The van der Waals surface area contributed by atoms with E-state index in [1.54, 1.807) is 4.90 Å². The molecule has 32 heavy (non-hydrogen) atoms. The number of nitrogens with zero attached hydrogens (tertiary/aromatic N) is 1. The van der Waals surface area contributed by atoms with Gasteiger partial charge in [-0.3, -0.25) is 4.90 Å². The topological polar surface area (TPSA) is 49.4 Å². The van der Waals surface area contributed by atoms with Crippen LogP contribution in [0.2, 0.25) is 0 Å². The van der Waals surface area contributed by atoms with Gasteiger partial charge in [-0.25, -0.2) is 0 Å². The molecule has 1 unspecified atom stereocenters. The lowest BCUT2D eigenvalue weighted by molar-refractivity contribution is -0.400. The molecule has 1 atom stereocenters. The molecule has 1 saturated heterocycles. The SMILES string of the molecule is COCCOCCOC(COCC(F)(F)C(F)(F)C(F)(F)C(F)(F)F)CN1CCOCC1. The van der Waals surface area contributed by atoms with Crippen molar-refractivity contribution in [3.8, 4) is 0 Å². The van der Waals surface area contributed by atoms with E-state index < -0.39 is 43.3 Å². The van der Waals surface area contributed by atoms with Crippen LogP contribution in [0.4, 0.5) is 39.5 Å². The third-order valence-corrected chi connectivity index (χ3v) is 4.38. The van der Waals surface area contributed by atoms with Crippen LogP contribution in [0, 0.1) is 0 Å². The van der Waals surface area contributed by atoms with Crippen molar-refractivity contribution in [1.29, 1.82) is 0 Å². The maximum Gasteiger partial charge on any atom is 0.460 e. The molecule has 192 valence electrons. The van der Waals surface area contributed by atoms with E-state index in [0.29, 0.717) is 32.9 Å². The van der Waals surface area contributed by atoms with Gasteiger partial charge < -0.3 is 23.7 Å². The number of hydrogen-bond donors (Lipinski definition) is 0. The third kappa shape index (κ3) is 8.17. The molecule has 1 rings (SSSR count). The van der Waals surface area contributed by atoms with Crippen molar-refractivity contribution < 1.29 is 63.2 Å². The average molecular weight is 495 g/mol. The van der Waals surface area contributed by atoms with Crippen LogP contribution in [-0.4, -0.2) is 115 Å². The van der Waals surface area contributed by atoms with E-state index in [1.165, 1.54) is 7.11 Å². The molecule has 1 heterocycles. The molecule has 0 aliphatic carbocycles. The van der Waals surface area contributed by atoms with Crippen LogP contribution in [0.1, 0.15) is 0 Å². The Morgan fingerprint density at radius 1 is 0.812 bits per heavy atom. The fourth-order valence-corrected chi connectivity index (χ4v) is 2.56. The lowest BCUT2D eigenvalue weighted by atomic mass is 10.0. The molecule has 0 aromatic heterocycles. The Labute approximate surface area is 178 Å². The molecule has 0 amide bonds. The average Bonchev–Trinajstić information content (AvgIpc) is 2.70. The second-order valence-electron chi connectivity index (χ2n) is 6.88. The number of hydrogen-bond acceptors (Lipinski definition) is 6. The van der Waals surface area contributed by atoms with Gasteiger partial charge in [0.2, 0.25) is 0 Å². The molecule has 0 bridgehead atoms. The number of rotatable bonds is 15. The maximum absolute atomic E-state index is 13.6. The molecule has 0 N–H and O–H groups in total. The van der Waals surface area contributed by atoms with Crippen LogP contribution in [0.5, 0.6) is 0 Å². The van der Waals surface area contributed by atoms with E-state index >= 15 is 0 Å². The molecular weight excluding hydrogens is 469 g/mol. The van der Waals surface area contributed by atoms with Gasteiger partial charge in [-0.15, -0.1) is 0 Å². The Hall–Kier alpha value is -0.870. The molecule has 6 nitrogen and oxygen atoms in total. The van der Waals surface area contributed by atoms with Gasteiger partial charge in [0.25, 0.3) is 0 Å². The zero-order valence-corrected chi connectivity index (χ0v) is 17.2. The lowest BCUT2D eigenvalue weighted by Gasteiger charge is -2.34. The zero-order valence-electron chi connectivity index (χ0n) is 17.2. The van der Waals surface area contributed by atoms with E-state index in [-0.39, 0.29) is 26.4 Å². The highest BCUT2D eigenvalue weighted by atomic mass is 19.4. The lowest BCUT2D eigenvalue weighted by Crippen LogP contribution is -2.62. The minimum absolute atomic E-state index is 0.0409. The Balaban J connectivity index is 2.65. The van der Waals surface area contributed by atoms with Crippen molar-refractivity contribution in [2.45, 2.75) is 30.0 Å². The first kappa shape index (κ1) is 29.2.